The van der Waals surface area contributed by atoms with Crippen molar-refractivity contribution < 1.29 is 23.8 Å². The summed E-state index contributed by atoms with van der Waals surface area (Å²) in [6.07, 6.45) is 2.89. The Kier molecular flexibility index (Phi) is 6.59. The Balaban J connectivity index is 1.48. The van der Waals surface area contributed by atoms with Gasteiger partial charge in [-0.3, -0.25) is 14.5 Å². The van der Waals surface area contributed by atoms with E-state index in [0.29, 0.717) is 42.5 Å². The maximum Gasteiger partial charge on any atom is 0.256 e. The van der Waals surface area contributed by atoms with Crippen molar-refractivity contribution >= 4 is 25.6 Å². The van der Waals surface area contributed by atoms with Gasteiger partial charge in [-0.2, -0.15) is 0 Å². The Morgan fingerprint density at radius 1 is 1.06 bits per heavy atom. The first kappa shape index (κ1) is 24.8. The highest BCUT2D eigenvalue weighted by Gasteiger charge is 2.57. The van der Waals surface area contributed by atoms with Gasteiger partial charge in [0, 0.05) is 27.3 Å². The van der Waals surface area contributed by atoms with Crippen molar-refractivity contribution in [2.75, 3.05) is 31.9 Å². The van der Waals surface area contributed by atoms with Crippen molar-refractivity contribution in [3.63, 3.8) is 0 Å². The SMILES string of the molecule is COc1cc2c(cc1OCc1ccccc1)N(COCC[Si](C)(C)C)C(=O)[C@@H]1CC3(CC3)CN1C2=O. The van der Waals surface area contributed by atoms with Crippen molar-refractivity contribution in [3.8, 4) is 11.5 Å². The molecule has 0 unspecified atom stereocenters. The van der Waals surface area contributed by atoms with Gasteiger partial charge in [0.25, 0.3) is 11.8 Å². The van der Waals surface area contributed by atoms with Gasteiger partial charge in [0.1, 0.15) is 19.4 Å². The highest BCUT2D eigenvalue weighted by atomic mass is 28.3. The molecule has 1 saturated carbocycles. The number of ether oxygens (including phenoxy) is 3. The Bertz CT molecular complexity index is 1140. The molecular weight excluding hydrogens is 472 g/mol. The van der Waals surface area contributed by atoms with Crippen LogP contribution < -0.4 is 14.4 Å². The van der Waals surface area contributed by atoms with Gasteiger partial charge in [-0.15, -0.1) is 0 Å². The molecule has 5 rings (SSSR count). The van der Waals surface area contributed by atoms with Gasteiger partial charge in [-0.05, 0) is 42.4 Å². The first-order chi connectivity index (χ1) is 17.2. The minimum absolute atomic E-state index is 0.0712. The van der Waals surface area contributed by atoms with Gasteiger partial charge >= 0.3 is 0 Å². The van der Waals surface area contributed by atoms with E-state index in [-0.39, 0.29) is 24.0 Å². The molecule has 1 spiro atoms. The summed E-state index contributed by atoms with van der Waals surface area (Å²) in [5.41, 5.74) is 2.12. The van der Waals surface area contributed by atoms with Gasteiger partial charge in [0.15, 0.2) is 11.5 Å². The van der Waals surface area contributed by atoms with Gasteiger partial charge < -0.3 is 19.1 Å². The number of fused-ring (bicyclic) bond motifs is 2. The van der Waals surface area contributed by atoms with E-state index in [1.165, 1.54) is 0 Å². The molecule has 1 atom stereocenters. The smallest absolute Gasteiger partial charge is 0.256 e. The van der Waals surface area contributed by atoms with Gasteiger partial charge in [0.05, 0.1) is 18.4 Å². The topological polar surface area (TPSA) is 68.3 Å². The Labute approximate surface area is 214 Å². The van der Waals surface area contributed by atoms with Crippen molar-refractivity contribution in [1.29, 1.82) is 0 Å². The summed E-state index contributed by atoms with van der Waals surface area (Å²) in [4.78, 5) is 31.1. The molecule has 2 amide bonds. The molecule has 1 aliphatic carbocycles. The molecule has 0 N–H and O–H groups in total. The minimum atomic E-state index is -1.28. The van der Waals surface area contributed by atoms with E-state index in [4.69, 9.17) is 14.2 Å². The fraction of sp³-hybridized carbons (Fsp3) is 0.500. The number of hydrogen-bond donors (Lipinski definition) is 0. The third kappa shape index (κ3) is 5.02. The van der Waals surface area contributed by atoms with Crippen LogP contribution in [0.4, 0.5) is 5.69 Å². The second-order valence-electron chi connectivity index (χ2n) is 11.6. The molecule has 8 heteroatoms. The quantitative estimate of drug-likeness (QED) is 0.355. The Morgan fingerprint density at radius 3 is 2.47 bits per heavy atom. The molecule has 2 fully saturated rings. The summed E-state index contributed by atoms with van der Waals surface area (Å²) >= 11 is 0. The van der Waals surface area contributed by atoms with Crippen molar-refractivity contribution in [2.24, 2.45) is 5.41 Å². The average molecular weight is 509 g/mol. The van der Waals surface area contributed by atoms with Crippen LogP contribution in [0.2, 0.25) is 25.7 Å². The molecule has 0 aromatic heterocycles. The lowest BCUT2D eigenvalue weighted by molar-refractivity contribution is -0.123. The standard InChI is InChI=1S/C28H36N2O5Si/c1-33-24-14-21-22(15-25(24)35-17-20-8-6-5-7-9-20)30(19-34-12-13-36(2,3)4)27(32)23-16-28(10-11-28)18-29(23)26(21)31/h5-9,14-15,23H,10-13,16-19H2,1-4H3/t23-/m0/s1. The molecule has 3 aliphatic rings. The molecule has 36 heavy (non-hydrogen) atoms. The van der Waals surface area contributed by atoms with Crippen LogP contribution in [0.15, 0.2) is 42.5 Å². The number of nitrogens with zero attached hydrogens (tertiary/aromatic N) is 2. The van der Waals surface area contributed by atoms with Crippen LogP contribution in [0, 0.1) is 5.41 Å². The average Bonchev–Trinajstić information content (AvgIpc) is 3.52. The number of hydrogen-bond acceptors (Lipinski definition) is 5. The number of anilines is 1. The van der Waals surface area contributed by atoms with E-state index in [1.807, 2.05) is 30.3 Å². The van der Waals surface area contributed by atoms with Crippen LogP contribution >= 0.6 is 0 Å². The summed E-state index contributed by atoms with van der Waals surface area (Å²) in [5, 5.41) is 0. The molecule has 2 heterocycles. The molecule has 0 bridgehead atoms. The number of benzene rings is 2. The number of carbonyl (C=O) groups is 2. The largest absolute Gasteiger partial charge is 0.493 e. The van der Waals surface area contributed by atoms with Crippen molar-refractivity contribution in [2.45, 2.75) is 57.6 Å². The van der Waals surface area contributed by atoms with E-state index in [9.17, 15) is 9.59 Å². The Hall–Kier alpha value is -2.84. The van der Waals surface area contributed by atoms with E-state index < -0.39 is 14.1 Å². The predicted molar refractivity (Wildman–Crippen MR) is 141 cm³/mol. The number of rotatable bonds is 9. The highest BCUT2D eigenvalue weighted by Crippen LogP contribution is 2.56. The number of methoxy groups -OCH3 is 1. The summed E-state index contributed by atoms with van der Waals surface area (Å²) in [6, 6.07) is 13.9. The van der Waals surface area contributed by atoms with Crippen LogP contribution in [0.3, 0.4) is 0 Å². The third-order valence-corrected chi connectivity index (χ3v) is 9.24. The molecule has 2 aromatic rings. The zero-order chi connectivity index (χ0) is 25.5. The summed E-state index contributed by atoms with van der Waals surface area (Å²) < 4.78 is 17.8. The lowest BCUT2D eigenvalue weighted by Crippen LogP contribution is -2.45. The maximum absolute atomic E-state index is 13.9. The van der Waals surface area contributed by atoms with E-state index in [1.54, 1.807) is 29.0 Å². The molecule has 2 aliphatic heterocycles. The molecule has 0 radical (unpaired) electrons. The summed E-state index contributed by atoms with van der Waals surface area (Å²) in [5.74, 6) is 0.778. The van der Waals surface area contributed by atoms with Crippen LogP contribution in [0.25, 0.3) is 0 Å². The number of carbonyl (C=O) groups excluding carboxylic acids is 2. The Morgan fingerprint density at radius 2 is 1.81 bits per heavy atom. The van der Waals surface area contributed by atoms with Gasteiger partial charge in [-0.25, -0.2) is 0 Å². The lowest BCUT2D eigenvalue weighted by Gasteiger charge is -2.26. The van der Waals surface area contributed by atoms with E-state index >= 15 is 0 Å². The fourth-order valence-corrected chi connectivity index (χ4v) is 5.86. The van der Waals surface area contributed by atoms with E-state index in [2.05, 4.69) is 19.6 Å². The molecular formula is C28H36N2O5Si. The zero-order valence-corrected chi connectivity index (χ0v) is 22.7. The highest BCUT2D eigenvalue weighted by molar-refractivity contribution is 6.76. The normalized spacial score (nSPS) is 20.3. The summed E-state index contributed by atoms with van der Waals surface area (Å²) in [7, 11) is 0.291. The first-order valence-corrected chi connectivity index (χ1v) is 16.5. The molecule has 1 saturated heterocycles. The zero-order valence-electron chi connectivity index (χ0n) is 21.7. The van der Waals surface area contributed by atoms with Crippen LogP contribution in [0.5, 0.6) is 11.5 Å². The molecule has 2 aromatic carbocycles. The van der Waals surface area contributed by atoms with E-state index in [0.717, 1.165) is 30.9 Å². The second-order valence-corrected chi connectivity index (χ2v) is 17.2. The van der Waals surface area contributed by atoms with Crippen LogP contribution in [-0.2, 0) is 16.1 Å². The van der Waals surface area contributed by atoms with Gasteiger partial charge in [0.2, 0.25) is 0 Å². The van der Waals surface area contributed by atoms with Crippen LogP contribution in [0.1, 0.15) is 35.2 Å². The molecule has 192 valence electrons. The number of amides is 2. The fourth-order valence-electron chi connectivity index (χ4n) is 5.10. The first-order valence-electron chi connectivity index (χ1n) is 12.8. The third-order valence-electron chi connectivity index (χ3n) is 7.53. The monoisotopic (exact) mass is 508 g/mol. The second kappa shape index (κ2) is 9.56. The maximum atomic E-state index is 13.9. The predicted octanol–water partition coefficient (Wildman–Crippen LogP) is 4.93. The van der Waals surface area contributed by atoms with Gasteiger partial charge in [-0.1, -0.05) is 50.0 Å². The minimum Gasteiger partial charge on any atom is -0.493 e. The summed E-state index contributed by atoms with van der Waals surface area (Å²) in [6.45, 7) is 8.60. The van der Waals surface area contributed by atoms with Crippen molar-refractivity contribution in [3.05, 3.63) is 53.6 Å². The van der Waals surface area contributed by atoms with Crippen molar-refractivity contribution in [1.82, 2.24) is 4.90 Å². The lowest BCUT2D eigenvalue weighted by atomic mass is 10.0. The van der Waals surface area contributed by atoms with Crippen LogP contribution in [-0.4, -0.2) is 57.8 Å². The molecule has 7 nitrogen and oxygen atoms in total.